The second kappa shape index (κ2) is 5.35. The largest absolute Gasteiger partial charge is 0.481 e. The lowest BCUT2D eigenvalue weighted by Crippen LogP contribution is -2.02. The minimum absolute atomic E-state index is 0.554. The molecule has 4 heteroatoms. The molecular formula is C16H17N3O. The summed E-state index contributed by atoms with van der Waals surface area (Å²) in [6, 6.07) is 14.1. The monoisotopic (exact) mass is 267 g/mol. The third-order valence-electron chi connectivity index (χ3n) is 3.45. The number of methoxy groups -OCH3 is 1. The molecule has 0 aliphatic carbocycles. The van der Waals surface area contributed by atoms with Gasteiger partial charge in [-0.2, -0.15) is 0 Å². The van der Waals surface area contributed by atoms with E-state index in [9.17, 15) is 0 Å². The molecule has 0 aliphatic rings. The van der Waals surface area contributed by atoms with Crippen LogP contribution in [0.25, 0.3) is 10.9 Å². The van der Waals surface area contributed by atoms with Crippen LogP contribution in [0.2, 0.25) is 0 Å². The smallest absolute Gasteiger partial charge is 0.213 e. The van der Waals surface area contributed by atoms with Crippen LogP contribution in [0.15, 0.2) is 48.7 Å². The first-order valence-corrected chi connectivity index (χ1v) is 6.58. The maximum Gasteiger partial charge on any atom is 0.213 e. The highest BCUT2D eigenvalue weighted by Gasteiger charge is 2.06. The maximum atomic E-state index is 5.78. The molecule has 0 spiro atoms. The van der Waals surface area contributed by atoms with Crippen molar-refractivity contribution in [2.45, 2.75) is 13.1 Å². The molecule has 3 rings (SSSR count). The number of hydrogen-bond acceptors (Lipinski definition) is 3. The van der Waals surface area contributed by atoms with Gasteiger partial charge in [-0.25, -0.2) is 4.98 Å². The van der Waals surface area contributed by atoms with Crippen LogP contribution in [0.4, 0.5) is 0 Å². The van der Waals surface area contributed by atoms with E-state index in [1.54, 1.807) is 7.11 Å². The van der Waals surface area contributed by atoms with E-state index < -0.39 is 0 Å². The maximum absolute atomic E-state index is 5.78. The Morgan fingerprint density at radius 3 is 2.80 bits per heavy atom. The van der Waals surface area contributed by atoms with Crippen LogP contribution in [0, 0.1) is 0 Å². The van der Waals surface area contributed by atoms with E-state index >= 15 is 0 Å². The Bertz CT molecular complexity index is 733. The van der Waals surface area contributed by atoms with Crippen molar-refractivity contribution in [3.63, 3.8) is 0 Å². The Balaban J connectivity index is 1.98. The Labute approximate surface area is 117 Å². The molecule has 0 radical (unpaired) electrons. The fraction of sp³-hybridized carbons (Fsp3) is 0.188. The summed E-state index contributed by atoms with van der Waals surface area (Å²) in [5.41, 5.74) is 9.09. The van der Waals surface area contributed by atoms with Gasteiger partial charge in [-0.1, -0.05) is 18.2 Å². The van der Waals surface area contributed by atoms with E-state index in [1.807, 2.05) is 24.3 Å². The van der Waals surface area contributed by atoms with Gasteiger partial charge in [0.25, 0.3) is 0 Å². The van der Waals surface area contributed by atoms with E-state index in [-0.39, 0.29) is 0 Å². The van der Waals surface area contributed by atoms with Crippen LogP contribution in [-0.2, 0) is 13.1 Å². The van der Waals surface area contributed by atoms with Crippen LogP contribution in [0.3, 0.4) is 0 Å². The van der Waals surface area contributed by atoms with Crippen LogP contribution in [0.5, 0.6) is 5.88 Å². The molecule has 0 bridgehead atoms. The third-order valence-corrected chi connectivity index (χ3v) is 3.45. The van der Waals surface area contributed by atoms with Crippen molar-refractivity contribution in [3.8, 4) is 5.88 Å². The van der Waals surface area contributed by atoms with Gasteiger partial charge in [-0.05, 0) is 23.8 Å². The van der Waals surface area contributed by atoms with E-state index in [0.717, 1.165) is 5.69 Å². The quantitative estimate of drug-likeness (QED) is 0.790. The Morgan fingerprint density at radius 1 is 1.15 bits per heavy atom. The van der Waals surface area contributed by atoms with Crippen LogP contribution in [-0.4, -0.2) is 16.7 Å². The van der Waals surface area contributed by atoms with Crippen LogP contribution >= 0.6 is 0 Å². The van der Waals surface area contributed by atoms with Gasteiger partial charge in [0.1, 0.15) is 0 Å². The average molecular weight is 267 g/mol. The summed E-state index contributed by atoms with van der Waals surface area (Å²) in [5.74, 6) is 0.640. The third kappa shape index (κ3) is 2.26. The number of nitrogens with two attached hydrogens (primary N) is 1. The normalized spacial score (nSPS) is 10.9. The molecule has 0 saturated heterocycles. The summed E-state index contributed by atoms with van der Waals surface area (Å²) in [6.45, 7) is 1.27. The van der Waals surface area contributed by atoms with Gasteiger partial charge in [0.2, 0.25) is 5.88 Å². The first kappa shape index (κ1) is 12.7. The standard InChI is InChI=1S/C16H17N3O/c1-20-16-7-3-5-13(18-16)11-19-9-8-14-12(10-17)4-2-6-15(14)19/h2-9H,10-11,17H2,1H3. The molecule has 0 unspecified atom stereocenters. The molecule has 0 amide bonds. The molecule has 2 aromatic heterocycles. The first-order valence-electron chi connectivity index (χ1n) is 6.58. The Morgan fingerprint density at radius 2 is 2.00 bits per heavy atom. The molecule has 2 N–H and O–H groups in total. The van der Waals surface area contributed by atoms with Crippen molar-refractivity contribution >= 4 is 10.9 Å². The van der Waals surface area contributed by atoms with E-state index in [4.69, 9.17) is 10.5 Å². The second-order valence-corrected chi connectivity index (χ2v) is 4.67. The molecule has 1 aromatic carbocycles. The van der Waals surface area contributed by atoms with E-state index in [2.05, 4.69) is 33.9 Å². The zero-order valence-electron chi connectivity index (χ0n) is 11.4. The highest BCUT2D eigenvalue weighted by molar-refractivity contribution is 5.83. The number of ether oxygens (including phenoxy) is 1. The molecule has 0 atom stereocenters. The van der Waals surface area contributed by atoms with E-state index in [1.165, 1.54) is 16.5 Å². The summed E-state index contributed by atoms with van der Waals surface area (Å²) in [7, 11) is 1.63. The molecule has 2 heterocycles. The van der Waals surface area contributed by atoms with Crippen molar-refractivity contribution in [2.75, 3.05) is 7.11 Å². The van der Waals surface area contributed by atoms with Crippen LogP contribution < -0.4 is 10.5 Å². The molecule has 0 fully saturated rings. The topological polar surface area (TPSA) is 53.1 Å². The predicted octanol–water partition coefficient (Wildman–Crippen LogP) is 2.55. The fourth-order valence-corrected chi connectivity index (χ4v) is 2.44. The summed E-state index contributed by atoms with van der Waals surface area (Å²) in [4.78, 5) is 4.45. The molecule has 102 valence electrons. The molecule has 20 heavy (non-hydrogen) atoms. The number of hydrogen-bond donors (Lipinski definition) is 1. The van der Waals surface area contributed by atoms with Gasteiger partial charge < -0.3 is 15.0 Å². The van der Waals surface area contributed by atoms with Gasteiger partial charge >= 0.3 is 0 Å². The lowest BCUT2D eigenvalue weighted by molar-refractivity contribution is 0.396. The van der Waals surface area contributed by atoms with Crippen LogP contribution in [0.1, 0.15) is 11.3 Å². The van der Waals surface area contributed by atoms with Gasteiger partial charge in [0.05, 0.1) is 19.3 Å². The minimum Gasteiger partial charge on any atom is -0.481 e. The molecule has 3 aromatic rings. The van der Waals surface area contributed by atoms with E-state index in [0.29, 0.717) is 19.0 Å². The molecular weight excluding hydrogens is 250 g/mol. The number of nitrogens with zero attached hydrogens (tertiary/aromatic N) is 2. The van der Waals surface area contributed by atoms with Crippen molar-refractivity contribution < 1.29 is 4.74 Å². The summed E-state index contributed by atoms with van der Waals surface area (Å²) in [5, 5.41) is 1.21. The predicted molar refractivity (Wildman–Crippen MR) is 79.7 cm³/mol. The summed E-state index contributed by atoms with van der Waals surface area (Å²) < 4.78 is 7.34. The fourth-order valence-electron chi connectivity index (χ4n) is 2.44. The molecule has 4 nitrogen and oxygen atoms in total. The Kier molecular flexibility index (Phi) is 3.39. The zero-order chi connectivity index (χ0) is 13.9. The van der Waals surface area contributed by atoms with Gasteiger partial charge in [-0.3, -0.25) is 0 Å². The lowest BCUT2D eigenvalue weighted by Gasteiger charge is -2.07. The minimum atomic E-state index is 0.554. The number of benzene rings is 1. The SMILES string of the molecule is COc1cccc(Cn2ccc3c(CN)cccc32)n1. The van der Waals surface area contributed by atoms with Crippen molar-refractivity contribution in [2.24, 2.45) is 5.73 Å². The summed E-state index contributed by atoms with van der Waals surface area (Å²) >= 11 is 0. The molecule has 0 saturated carbocycles. The number of fused-ring (bicyclic) bond motifs is 1. The summed E-state index contributed by atoms with van der Waals surface area (Å²) in [6.07, 6.45) is 2.07. The highest BCUT2D eigenvalue weighted by atomic mass is 16.5. The highest BCUT2D eigenvalue weighted by Crippen LogP contribution is 2.21. The average Bonchev–Trinajstić information content (AvgIpc) is 2.90. The number of rotatable bonds is 4. The second-order valence-electron chi connectivity index (χ2n) is 4.67. The first-order chi connectivity index (χ1) is 9.81. The Hall–Kier alpha value is -2.33. The molecule has 0 aliphatic heterocycles. The lowest BCUT2D eigenvalue weighted by atomic mass is 10.1. The van der Waals surface area contributed by atoms with Crippen molar-refractivity contribution in [3.05, 3.63) is 59.9 Å². The van der Waals surface area contributed by atoms with Gasteiger partial charge in [-0.15, -0.1) is 0 Å². The zero-order valence-corrected chi connectivity index (χ0v) is 11.4. The van der Waals surface area contributed by atoms with Gasteiger partial charge in [0.15, 0.2) is 0 Å². The van der Waals surface area contributed by atoms with Gasteiger partial charge in [0, 0.05) is 29.7 Å². The van der Waals surface area contributed by atoms with Crippen molar-refractivity contribution in [1.82, 2.24) is 9.55 Å². The number of pyridine rings is 1. The number of aromatic nitrogens is 2. The van der Waals surface area contributed by atoms with Crippen molar-refractivity contribution in [1.29, 1.82) is 0 Å².